The maximum atomic E-state index is 13.1. The van der Waals surface area contributed by atoms with Crippen molar-refractivity contribution in [1.82, 2.24) is 4.98 Å². The van der Waals surface area contributed by atoms with E-state index < -0.39 is 11.6 Å². The van der Waals surface area contributed by atoms with Crippen LogP contribution in [0.15, 0.2) is 66.9 Å². The third-order valence-corrected chi connectivity index (χ3v) is 5.68. The third kappa shape index (κ3) is 5.81. The number of hydrogen-bond acceptors (Lipinski definition) is 5. The summed E-state index contributed by atoms with van der Waals surface area (Å²) in [5.41, 5.74) is 2.37. The largest absolute Gasteiger partial charge is 0.456 e. The average Bonchev–Trinajstić information content (AvgIpc) is 2.84. The topological polar surface area (TPSA) is 71.5 Å². The van der Waals surface area contributed by atoms with E-state index in [1.807, 2.05) is 69.3 Å². The maximum Gasteiger partial charge on any atom is 0.340 e. The zero-order valence-corrected chi connectivity index (χ0v) is 20.0. The molecule has 1 fully saturated rings. The van der Waals surface area contributed by atoms with Gasteiger partial charge in [-0.15, -0.1) is 0 Å². The predicted molar refractivity (Wildman–Crippen MR) is 135 cm³/mol. The molecular weight excluding hydrogens is 426 g/mol. The van der Waals surface area contributed by atoms with Crippen molar-refractivity contribution in [3.8, 4) is 11.1 Å². The van der Waals surface area contributed by atoms with Crippen LogP contribution in [0.25, 0.3) is 11.1 Å². The number of benzene rings is 2. The van der Waals surface area contributed by atoms with Gasteiger partial charge in [-0.25, -0.2) is 9.78 Å². The molecule has 0 unspecified atom stereocenters. The van der Waals surface area contributed by atoms with E-state index in [4.69, 9.17) is 4.74 Å². The van der Waals surface area contributed by atoms with Gasteiger partial charge in [-0.1, -0.05) is 36.4 Å². The highest BCUT2D eigenvalue weighted by Gasteiger charge is 2.22. The van der Waals surface area contributed by atoms with E-state index in [-0.39, 0.29) is 5.91 Å². The van der Waals surface area contributed by atoms with Crippen molar-refractivity contribution in [2.45, 2.75) is 45.6 Å². The second kappa shape index (κ2) is 10.1. The van der Waals surface area contributed by atoms with Gasteiger partial charge in [0.2, 0.25) is 0 Å². The number of amides is 1. The van der Waals surface area contributed by atoms with Gasteiger partial charge in [-0.3, -0.25) is 4.79 Å². The molecule has 0 bridgehead atoms. The van der Waals surface area contributed by atoms with Crippen LogP contribution < -0.4 is 10.2 Å². The molecule has 1 aromatic heterocycles. The van der Waals surface area contributed by atoms with Gasteiger partial charge in [-0.2, -0.15) is 0 Å². The van der Waals surface area contributed by atoms with Crippen molar-refractivity contribution in [1.29, 1.82) is 0 Å². The molecule has 0 saturated carbocycles. The second-order valence-electron chi connectivity index (χ2n) is 9.54. The van der Waals surface area contributed by atoms with Crippen LogP contribution >= 0.6 is 0 Å². The molecule has 0 radical (unpaired) electrons. The number of carbonyl (C=O) groups is 2. The Morgan fingerprint density at radius 2 is 1.65 bits per heavy atom. The second-order valence-corrected chi connectivity index (χ2v) is 9.54. The molecule has 3 aromatic rings. The molecule has 6 heteroatoms. The molecular formula is C28H31N3O3. The Morgan fingerprint density at radius 1 is 0.912 bits per heavy atom. The molecule has 34 heavy (non-hydrogen) atoms. The summed E-state index contributed by atoms with van der Waals surface area (Å²) in [7, 11) is 0. The lowest BCUT2D eigenvalue weighted by Crippen LogP contribution is -2.30. The van der Waals surface area contributed by atoms with Gasteiger partial charge in [0.1, 0.15) is 11.4 Å². The Kier molecular flexibility index (Phi) is 6.96. The van der Waals surface area contributed by atoms with Crippen molar-refractivity contribution in [2.75, 3.05) is 23.3 Å². The summed E-state index contributed by atoms with van der Waals surface area (Å²) in [6.07, 6.45) is 5.16. The summed E-state index contributed by atoms with van der Waals surface area (Å²) < 4.78 is 5.57. The quantitative estimate of drug-likeness (QED) is 0.480. The minimum absolute atomic E-state index is 0.306. The monoisotopic (exact) mass is 457 g/mol. The van der Waals surface area contributed by atoms with E-state index in [2.05, 4.69) is 15.2 Å². The van der Waals surface area contributed by atoms with Crippen LogP contribution in [0.1, 0.15) is 60.7 Å². The highest BCUT2D eigenvalue weighted by atomic mass is 16.6. The van der Waals surface area contributed by atoms with E-state index in [0.29, 0.717) is 16.8 Å². The lowest BCUT2D eigenvalue weighted by atomic mass is 10.0. The summed E-state index contributed by atoms with van der Waals surface area (Å²) in [4.78, 5) is 32.7. The number of carbonyl (C=O) groups excluding carboxylic acids is 2. The van der Waals surface area contributed by atoms with Gasteiger partial charge < -0.3 is 15.0 Å². The first-order valence-corrected chi connectivity index (χ1v) is 11.8. The fourth-order valence-corrected chi connectivity index (χ4v) is 3.99. The van der Waals surface area contributed by atoms with Gasteiger partial charge in [0.25, 0.3) is 5.91 Å². The standard InChI is InChI=1S/C28H31N3O3/c1-28(2,3)34-27(33)23-14-12-21(20-10-6-4-7-11-20)18-24(23)30-26(32)22-13-15-25(29-19-22)31-16-8-5-9-17-31/h4,6-7,10-15,18-19H,5,8-9,16-17H2,1-3H3,(H,30,32). The maximum absolute atomic E-state index is 13.1. The molecule has 1 N–H and O–H groups in total. The minimum atomic E-state index is -0.648. The zero-order chi connectivity index (χ0) is 24.1. The van der Waals surface area contributed by atoms with Crippen LogP contribution in [0, 0.1) is 0 Å². The number of ether oxygens (including phenoxy) is 1. The molecule has 2 heterocycles. The van der Waals surface area contributed by atoms with Gasteiger partial charge >= 0.3 is 5.97 Å². The summed E-state index contributed by atoms with van der Waals surface area (Å²) in [5, 5.41) is 2.91. The molecule has 0 atom stereocenters. The van der Waals surface area contributed by atoms with Crippen LogP contribution in [0.4, 0.5) is 11.5 Å². The number of aromatic nitrogens is 1. The molecule has 6 nitrogen and oxygen atoms in total. The molecule has 1 aliphatic rings. The Labute approximate surface area is 201 Å². The van der Waals surface area contributed by atoms with Crippen LogP contribution in [0.3, 0.4) is 0 Å². The third-order valence-electron chi connectivity index (χ3n) is 5.68. The number of piperidine rings is 1. The summed E-state index contributed by atoms with van der Waals surface area (Å²) >= 11 is 0. The number of esters is 1. The van der Waals surface area contributed by atoms with Crippen molar-refractivity contribution >= 4 is 23.4 Å². The van der Waals surface area contributed by atoms with E-state index in [0.717, 1.165) is 42.9 Å². The van der Waals surface area contributed by atoms with Crippen LogP contribution in [-0.4, -0.2) is 35.6 Å². The SMILES string of the molecule is CC(C)(C)OC(=O)c1ccc(-c2ccccc2)cc1NC(=O)c1ccc(N2CCCCC2)nc1. The molecule has 1 saturated heterocycles. The summed E-state index contributed by atoms with van der Waals surface area (Å²) in [6.45, 7) is 7.43. The first kappa shape index (κ1) is 23.5. The molecule has 1 aliphatic heterocycles. The summed E-state index contributed by atoms with van der Waals surface area (Å²) in [6, 6.07) is 18.8. The predicted octanol–water partition coefficient (Wildman–Crippen LogP) is 5.95. The highest BCUT2D eigenvalue weighted by Crippen LogP contribution is 2.28. The van der Waals surface area contributed by atoms with Crippen molar-refractivity contribution in [2.24, 2.45) is 0 Å². The number of nitrogens with one attached hydrogen (secondary N) is 1. The smallest absolute Gasteiger partial charge is 0.340 e. The lowest BCUT2D eigenvalue weighted by Gasteiger charge is -2.27. The average molecular weight is 458 g/mol. The number of pyridine rings is 1. The lowest BCUT2D eigenvalue weighted by molar-refractivity contribution is 0.00708. The van der Waals surface area contributed by atoms with E-state index in [9.17, 15) is 9.59 Å². The Morgan fingerprint density at radius 3 is 2.29 bits per heavy atom. The van der Waals surface area contributed by atoms with E-state index >= 15 is 0 Å². The molecule has 4 rings (SSSR count). The van der Waals surface area contributed by atoms with E-state index in [1.54, 1.807) is 18.3 Å². The fraction of sp³-hybridized carbons (Fsp3) is 0.321. The minimum Gasteiger partial charge on any atom is -0.456 e. The van der Waals surface area contributed by atoms with Crippen molar-refractivity contribution in [3.63, 3.8) is 0 Å². The molecule has 1 amide bonds. The normalized spacial score (nSPS) is 13.9. The van der Waals surface area contributed by atoms with Gasteiger partial charge in [0, 0.05) is 19.3 Å². The zero-order valence-electron chi connectivity index (χ0n) is 20.0. The first-order chi connectivity index (χ1) is 16.3. The first-order valence-electron chi connectivity index (χ1n) is 11.8. The fourth-order valence-electron chi connectivity index (χ4n) is 3.99. The molecule has 2 aromatic carbocycles. The van der Waals surface area contributed by atoms with Crippen molar-refractivity contribution < 1.29 is 14.3 Å². The number of nitrogens with zero attached hydrogens (tertiary/aromatic N) is 2. The van der Waals surface area contributed by atoms with Crippen molar-refractivity contribution in [3.05, 3.63) is 78.0 Å². The van der Waals surface area contributed by atoms with Crippen LogP contribution in [0.2, 0.25) is 0 Å². The van der Waals surface area contributed by atoms with Gasteiger partial charge in [-0.05, 0) is 75.4 Å². The highest BCUT2D eigenvalue weighted by molar-refractivity contribution is 6.08. The molecule has 0 aliphatic carbocycles. The van der Waals surface area contributed by atoms with Gasteiger partial charge in [0.05, 0.1) is 16.8 Å². The Hall–Kier alpha value is -3.67. The Balaban J connectivity index is 1.60. The van der Waals surface area contributed by atoms with E-state index in [1.165, 1.54) is 6.42 Å². The number of hydrogen-bond donors (Lipinski definition) is 1. The summed E-state index contributed by atoms with van der Waals surface area (Å²) in [5.74, 6) is 0.0745. The molecule has 176 valence electrons. The Bertz CT molecular complexity index is 1150. The van der Waals surface area contributed by atoms with Gasteiger partial charge in [0.15, 0.2) is 0 Å². The number of rotatable bonds is 5. The van der Waals surface area contributed by atoms with Crippen LogP contribution in [-0.2, 0) is 4.74 Å². The number of anilines is 2. The molecule has 0 spiro atoms. The van der Waals surface area contributed by atoms with Crippen LogP contribution in [0.5, 0.6) is 0 Å².